The van der Waals surface area contributed by atoms with Crippen molar-refractivity contribution in [3.63, 3.8) is 0 Å². The van der Waals surface area contributed by atoms with E-state index in [-0.39, 0.29) is 22.5 Å². The van der Waals surface area contributed by atoms with Crippen LogP contribution in [0.15, 0.2) is 212 Å². The van der Waals surface area contributed by atoms with Crippen molar-refractivity contribution in [1.29, 1.82) is 0 Å². The SMILES string of the molecule is Fc1ccc(F)c(-c2cc(-n3c4cc(-c5ccccc5)ccc4c4ccc(-c5ccccc5)cc43)c(C(F)(F)F)c(-n3c4cc(=C5C=CC=CC5)ccc4c4ccc(=C5C=CC=CC5)cc43)c2)c1. The van der Waals surface area contributed by atoms with Crippen molar-refractivity contribution in [3.05, 3.63) is 240 Å². The molecule has 0 radical (unpaired) electrons. The Morgan fingerprint density at radius 2 is 0.853 bits per heavy atom. The maximum absolute atomic E-state index is 17.0. The van der Waals surface area contributed by atoms with E-state index in [0.717, 1.165) is 83.6 Å². The fourth-order valence-electron chi connectivity index (χ4n) is 10.2. The van der Waals surface area contributed by atoms with Crippen LogP contribution in [-0.2, 0) is 6.18 Å². The summed E-state index contributed by atoms with van der Waals surface area (Å²) in [5.74, 6) is -1.48. The van der Waals surface area contributed by atoms with E-state index in [2.05, 4.69) is 0 Å². The third kappa shape index (κ3) is 7.01. The summed E-state index contributed by atoms with van der Waals surface area (Å²) in [5.41, 5.74) is 6.11. The minimum absolute atomic E-state index is 0.0835. The normalized spacial score (nSPS) is 15.4. The molecule has 0 bridgehead atoms. The second kappa shape index (κ2) is 16.2. The molecule has 7 heteroatoms. The fourth-order valence-corrected chi connectivity index (χ4v) is 10.2. The van der Waals surface area contributed by atoms with Gasteiger partial charge in [0.1, 0.15) is 17.2 Å². The quantitative estimate of drug-likeness (QED) is 0.152. The minimum Gasteiger partial charge on any atom is -0.308 e. The number of benzene rings is 8. The third-order valence-corrected chi connectivity index (χ3v) is 13.4. The molecule has 0 fully saturated rings. The summed E-state index contributed by atoms with van der Waals surface area (Å²) in [6.45, 7) is 0. The van der Waals surface area contributed by atoms with Gasteiger partial charge in [0.2, 0.25) is 0 Å². The number of fused-ring (bicyclic) bond motifs is 6. The van der Waals surface area contributed by atoms with Gasteiger partial charge in [-0.1, -0.05) is 158 Å². The van der Waals surface area contributed by atoms with Crippen LogP contribution in [0.2, 0.25) is 0 Å². The first kappa shape index (κ1) is 41.2. The monoisotopic (exact) mass is 894 g/mol. The number of hydrogen-bond donors (Lipinski definition) is 0. The molecule has 8 aromatic carbocycles. The molecule has 0 saturated carbocycles. The summed E-state index contributed by atoms with van der Waals surface area (Å²) >= 11 is 0. The van der Waals surface area contributed by atoms with E-state index in [1.54, 1.807) is 9.13 Å². The van der Waals surface area contributed by atoms with Crippen LogP contribution < -0.4 is 10.4 Å². The molecule has 2 nitrogen and oxygen atoms in total. The summed E-state index contributed by atoms with van der Waals surface area (Å²) < 4.78 is 86.0. The van der Waals surface area contributed by atoms with Crippen LogP contribution in [0.25, 0.3) is 99.5 Å². The molecular formula is C61H39F5N2. The van der Waals surface area contributed by atoms with Gasteiger partial charge in [-0.25, -0.2) is 8.78 Å². The van der Waals surface area contributed by atoms with Crippen molar-refractivity contribution in [2.24, 2.45) is 0 Å². The molecule has 0 unspecified atom stereocenters. The Hall–Kier alpha value is -8.29. The highest BCUT2D eigenvalue weighted by molar-refractivity contribution is 6.12. The van der Waals surface area contributed by atoms with Gasteiger partial charge < -0.3 is 9.13 Å². The van der Waals surface area contributed by atoms with Crippen molar-refractivity contribution in [2.45, 2.75) is 19.0 Å². The van der Waals surface area contributed by atoms with Crippen LogP contribution in [-0.4, -0.2) is 9.13 Å². The molecule has 10 aromatic rings. The predicted octanol–water partition coefficient (Wildman–Crippen LogP) is 15.5. The summed E-state index contributed by atoms with van der Waals surface area (Å²) in [6.07, 6.45) is 12.3. The van der Waals surface area contributed by atoms with Crippen LogP contribution >= 0.6 is 0 Å². The highest BCUT2D eigenvalue weighted by Crippen LogP contribution is 2.47. The molecule has 0 N–H and O–H groups in total. The first-order chi connectivity index (χ1) is 33.2. The van der Waals surface area contributed by atoms with Crippen LogP contribution in [0.5, 0.6) is 0 Å². The zero-order chi connectivity index (χ0) is 46.1. The summed E-state index contributed by atoms with van der Waals surface area (Å²) in [5, 5.41) is 4.71. The van der Waals surface area contributed by atoms with Gasteiger partial charge in [0.25, 0.3) is 0 Å². The molecule has 328 valence electrons. The lowest BCUT2D eigenvalue weighted by Gasteiger charge is -2.23. The van der Waals surface area contributed by atoms with E-state index in [4.69, 9.17) is 0 Å². The first-order valence-corrected chi connectivity index (χ1v) is 22.6. The Morgan fingerprint density at radius 1 is 0.397 bits per heavy atom. The van der Waals surface area contributed by atoms with Gasteiger partial charge in [-0.3, -0.25) is 0 Å². The summed E-state index contributed by atoms with van der Waals surface area (Å²) in [6, 6.07) is 48.9. The largest absolute Gasteiger partial charge is 0.420 e. The van der Waals surface area contributed by atoms with Crippen molar-refractivity contribution in [2.75, 3.05) is 0 Å². The molecule has 0 aliphatic heterocycles. The molecule has 12 rings (SSSR count). The Bertz CT molecular complexity index is 3760. The molecule has 2 heterocycles. The Morgan fingerprint density at radius 3 is 1.29 bits per heavy atom. The second-order valence-electron chi connectivity index (χ2n) is 17.4. The molecule has 68 heavy (non-hydrogen) atoms. The average molecular weight is 895 g/mol. The van der Waals surface area contributed by atoms with Gasteiger partial charge in [-0.2, -0.15) is 13.2 Å². The highest BCUT2D eigenvalue weighted by atomic mass is 19.4. The summed E-state index contributed by atoms with van der Waals surface area (Å²) in [4.78, 5) is 0. The Balaban J connectivity index is 1.28. The smallest absolute Gasteiger partial charge is 0.308 e. The number of alkyl halides is 3. The average Bonchev–Trinajstić information content (AvgIpc) is 3.88. The van der Waals surface area contributed by atoms with Crippen LogP contribution in [0.4, 0.5) is 22.0 Å². The van der Waals surface area contributed by atoms with E-state index in [9.17, 15) is 0 Å². The van der Waals surface area contributed by atoms with Crippen molar-refractivity contribution < 1.29 is 22.0 Å². The van der Waals surface area contributed by atoms with E-state index in [0.29, 0.717) is 34.9 Å². The molecule has 2 aromatic heterocycles. The number of nitrogens with zero attached hydrogens (tertiary/aromatic N) is 2. The summed E-state index contributed by atoms with van der Waals surface area (Å²) in [7, 11) is 0. The minimum atomic E-state index is -4.98. The zero-order valence-corrected chi connectivity index (χ0v) is 36.4. The second-order valence-corrected chi connectivity index (χ2v) is 17.4. The van der Waals surface area contributed by atoms with E-state index < -0.39 is 23.4 Å². The lowest BCUT2D eigenvalue weighted by Crippen LogP contribution is -2.17. The van der Waals surface area contributed by atoms with E-state index in [1.807, 2.05) is 182 Å². The maximum Gasteiger partial charge on any atom is 0.420 e. The number of allylic oxidation sites excluding steroid dienone is 8. The van der Waals surface area contributed by atoms with Gasteiger partial charge in [0.15, 0.2) is 0 Å². The zero-order valence-electron chi connectivity index (χ0n) is 36.4. The van der Waals surface area contributed by atoms with Crippen molar-refractivity contribution >= 4 is 54.8 Å². The fraction of sp³-hybridized carbons (Fsp3) is 0.0492. The maximum atomic E-state index is 17.0. The van der Waals surface area contributed by atoms with Crippen LogP contribution in [0.3, 0.4) is 0 Å². The van der Waals surface area contributed by atoms with Crippen molar-refractivity contribution in [1.82, 2.24) is 9.13 Å². The van der Waals surface area contributed by atoms with Gasteiger partial charge in [-0.15, -0.1) is 0 Å². The third-order valence-electron chi connectivity index (χ3n) is 13.4. The molecule has 0 atom stereocenters. The van der Waals surface area contributed by atoms with E-state index in [1.165, 1.54) is 12.1 Å². The molecule has 0 spiro atoms. The standard InChI is InChI=1S/C61H39F5N2/c62-47-25-30-53(63)52(37-47)46-35-58(67-54-31-42(38-13-5-1-6-14-38)21-26-48(54)49-27-22-43(32-55(49)67)39-15-7-2-8-16-39)60(61(64,65)66)59(36-46)68-56-33-44(40-17-9-3-10-18-40)23-28-50(56)51-29-24-45(34-57(51)68)41-19-11-4-12-20-41/h1-17,19,21-37H,18,20H2. The molecule has 0 saturated heterocycles. The predicted molar refractivity (Wildman–Crippen MR) is 268 cm³/mol. The number of aromatic nitrogens is 2. The Kier molecular flexibility index (Phi) is 9.83. The topological polar surface area (TPSA) is 9.86 Å². The van der Waals surface area contributed by atoms with Crippen molar-refractivity contribution in [3.8, 4) is 44.8 Å². The van der Waals surface area contributed by atoms with Gasteiger partial charge in [0.05, 0.1) is 33.4 Å². The van der Waals surface area contributed by atoms with Gasteiger partial charge in [-0.05, 0) is 117 Å². The number of hydrogen-bond acceptors (Lipinski definition) is 0. The van der Waals surface area contributed by atoms with E-state index >= 15 is 22.0 Å². The lowest BCUT2D eigenvalue weighted by molar-refractivity contribution is -0.137. The number of halogens is 5. The lowest BCUT2D eigenvalue weighted by atomic mass is 9.98. The molecule has 0 amide bonds. The first-order valence-electron chi connectivity index (χ1n) is 22.6. The number of rotatable bonds is 5. The molecule has 2 aliphatic rings. The van der Waals surface area contributed by atoms with Crippen LogP contribution in [0.1, 0.15) is 18.4 Å². The molecule has 2 aliphatic carbocycles. The van der Waals surface area contributed by atoms with Gasteiger partial charge >= 0.3 is 6.18 Å². The van der Waals surface area contributed by atoms with Crippen LogP contribution in [0, 0.1) is 11.6 Å². The molecular weight excluding hydrogens is 856 g/mol. The highest BCUT2D eigenvalue weighted by Gasteiger charge is 2.40. The Labute approximate surface area is 388 Å². The van der Waals surface area contributed by atoms with Gasteiger partial charge in [0, 0.05) is 27.1 Å².